The van der Waals surface area contributed by atoms with Crippen LogP contribution >= 0.6 is 0 Å². The van der Waals surface area contributed by atoms with Crippen LogP contribution in [0.1, 0.15) is 18.6 Å². The monoisotopic (exact) mass is 464 g/mol. The Bertz CT molecular complexity index is 1220. The highest BCUT2D eigenvalue weighted by Crippen LogP contribution is 2.21. The Morgan fingerprint density at radius 2 is 1.94 bits per heavy atom. The molecular weight excluding hydrogens is 444 g/mol. The highest BCUT2D eigenvalue weighted by Gasteiger charge is 2.25. The average molecular weight is 464 g/mol. The number of carbonyl (C=O) groups is 4. The van der Waals surface area contributed by atoms with E-state index in [1.165, 1.54) is 21.9 Å². The molecule has 1 aliphatic heterocycles. The average Bonchev–Trinajstić information content (AvgIpc) is 3.59. The molecule has 12 heteroatoms. The van der Waals surface area contributed by atoms with Crippen molar-refractivity contribution >= 4 is 35.5 Å². The number of imide groups is 1. The van der Waals surface area contributed by atoms with Crippen LogP contribution in [0, 0.1) is 0 Å². The van der Waals surface area contributed by atoms with Crippen molar-refractivity contribution < 1.29 is 28.3 Å². The van der Waals surface area contributed by atoms with Crippen molar-refractivity contribution in [2.45, 2.75) is 12.8 Å². The Hall–Kier alpha value is -4.61. The van der Waals surface area contributed by atoms with Crippen LogP contribution in [-0.4, -0.2) is 68.5 Å². The third kappa shape index (κ3) is 5.41. The molecule has 1 fully saturated rings. The Morgan fingerprint density at radius 3 is 2.65 bits per heavy atom. The number of likely N-dealkylation sites (tertiary alicyclic amines) is 1. The predicted octanol–water partition coefficient (Wildman–Crippen LogP) is 0.740. The molecule has 0 radical (unpaired) electrons. The maximum absolute atomic E-state index is 12.9. The summed E-state index contributed by atoms with van der Waals surface area (Å²) in [6, 6.07) is 12.2. The van der Waals surface area contributed by atoms with E-state index < -0.39 is 24.4 Å². The minimum Gasteiger partial charge on any atom is -0.465 e. The second kappa shape index (κ2) is 10.3. The molecule has 1 aliphatic rings. The normalized spacial score (nSPS) is 13.7. The zero-order valence-electron chi connectivity index (χ0n) is 17.9. The van der Waals surface area contributed by atoms with Gasteiger partial charge in [0.2, 0.25) is 11.8 Å². The molecule has 12 nitrogen and oxygen atoms in total. The summed E-state index contributed by atoms with van der Waals surface area (Å²) in [6.07, 6.45) is 3.85. The summed E-state index contributed by atoms with van der Waals surface area (Å²) in [5, 5.41) is 13.6. The summed E-state index contributed by atoms with van der Waals surface area (Å²) in [6.45, 7) is -0.490. The fourth-order valence-electron chi connectivity index (χ4n) is 3.31. The molecule has 3 aromatic rings. The highest BCUT2D eigenvalue weighted by molar-refractivity contribution is 6.16. The summed E-state index contributed by atoms with van der Waals surface area (Å²) in [4.78, 5) is 50.0. The van der Waals surface area contributed by atoms with Crippen LogP contribution in [0.2, 0.25) is 0 Å². The molecule has 1 aromatic carbocycles. The van der Waals surface area contributed by atoms with Crippen LogP contribution in [0.15, 0.2) is 53.1 Å². The van der Waals surface area contributed by atoms with Gasteiger partial charge in [0.1, 0.15) is 5.76 Å². The molecular formula is C22H20N6O6. The summed E-state index contributed by atoms with van der Waals surface area (Å²) < 4.78 is 11.6. The van der Waals surface area contributed by atoms with E-state index in [1.807, 2.05) is 6.07 Å². The number of ether oxygens (including phenoxy) is 1. The van der Waals surface area contributed by atoms with Crippen molar-refractivity contribution in [3.05, 3.63) is 54.5 Å². The first-order valence-corrected chi connectivity index (χ1v) is 10.4. The number of nitrogens with zero attached hydrogens (tertiary/aromatic N) is 5. The summed E-state index contributed by atoms with van der Waals surface area (Å²) >= 11 is 0. The second-order valence-corrected chi connectivity index (χ2v) is 7.29. The third-order valence-corrected chi connectivity index (χ3v) is 4.88. The topological polar surface area (TPSA) is 150 Å². The molecule has 1 saturated heterocycles. The number of tetrazole rings is 1. The fourth-order valence-corrected chi connectivity index (χ4v) is 3.31. The molecule has 0 spiro atoms. The molecule has 2 aromatic heterocycles. The van der Waals surface area contributed by atoms with E-state index in [4.69, 9.17) is 9.15 Å². The number of benzene rings is 1. The standard InChI is InChI=1S/C22H20N6O6/c29-18(13-27-10-4-9-20(27)31)23-19(30)14-34-22(32)17(12-16-8-5-11-33-16)28-21(24-25-26-28)15-6-2-1-3-7-15/h1-3,5-8,11-12H,4,9-10,13-14H2,(H,23,29,30). The molecule has 4 rings (SSSR count). The van der Waals surface area contributed by atoms with Crippen LogP contribution in [0.5, 0.6) is 0 Å². The van der Waals surface area contributed by atoms with Crippen molar-refractivity contribution in [2.75, 3.05) is 19.7 Å². The number of nitrogens with one attached hydrogen (secondary N) is 1. The van der Waals surface area contributed by atoms with E-state index in [0.29, 0.717) is 30.7 Å². The van der Waals surface area contributed by atoms with E-state index >= 15 is 0 Å². The van der Waals surface area contributed by atoms with Gasteiger partial charge in [-0.1, -0.05) is 30.3 Å². The highest BCUT2D eigenvalue weighted by atomic mass is 16.5. The number of rotatable bonds is 8. The van der Waals surface area contributed by atoms with Crippen molar-refractivity contribution in [2.24, 2.45) is 0 Å². The number of carbonyl (C=O) groups excluding carboxylic acids is 4. The molecule has 0 saturated carbocycles. The van der Waals surface area contributed by atoms with Gasteiger partial charge < -0.3 is 14.1 Å². The second-order valence-electron chi connectivity index (χ2n) is 7.29. The largest absolute Gasteiger partial charge is 0.465 e. The van der Waals surface area contributed by atoms with Crippen molar-refractivity contribution in [1.29, 1.82) is 0 Å². The van der Waals surface area contributed by atoms with E-state index in [0.717, 1.165) is 0 Å². The minimum absolute atomic E-state index is 0.111. The molecule has 3 amide bonds. The molecule has 174 valence electrons. The molecule has 1 N–H and O–H groups in total. The first-order valence-electron chi connectivity index (χ1n) is 10.4. The number of hydrogen-bond acceptors (Lipinski definition) is 9. The lowest BCUT2D eigenvalue weighted by molar-refractivity contribution is -0.145. The Morgan fingerprint density at radius 1 is 1.12 bits per heavy atom. The zero-order valence-corrected chi connectivity index (χ0v) is 17.9. The zero-order chi connectivity index (χ0) is 23.9. The van der Waals surface area contributed by atoms with Crippen LogP contribution in [0.4, 0.5) is 0 Å². The number of aromatic nitrogens is 4. The fraction of sp³-hybridized carbons (Fsp3) is 0.227. The van der Waals surface area contributed by atoms with Gasteiger partial charge in [-0.05, 0) is 29.0 Å². The molecule has 0 aliphatic carbocycles. The maximum atomic E-state index is 12.9. The van der Waals surface area contributed by atoms with Gasteiger partial charge in [-0.3, -0.25) is 19.7 Å². The minimum atomic E-state index is -0.918. The predicted molar refractivity (Wildman–Crippen MR) is 116 cm³/mol. The van der Waals surface area contributed by atoms with Crippen molar-refractivity contribution in [1.82, 2.24) is 30.4 Å². The van der Waals surface area contributed by atoms with E-state index in [-0.39, 0.29) is 24.0 Å². The van der Waals surface area contributed by atoms with Crippen molar-refractivity contribution in [3.8, 4) is 11.4 Å². The van der Waals surface area contributed by atoms with Gasteiger partial charge in [0.25, 0.3) is 5.91 Å². The van der Waals surface area contributed by atoms with Gasteiger partial charge in [0, 0.05) is 24.6 Å². The summed E-state index contributed by atoms with van der Waals surface area (Å²) in [7, 11) is 0. The first kappa shape index (κ1) is 22.6. The quantitative estimate of drug-likeness (QED) is 0.376. The van der Waals surface area contributed by atoms with Gasteiger partial charge in [-0.15, -0.1) is 5.10 Å². The number of esters is 1. The van der Waals surface area contributed by atoms with Crippen LogP contribution in [0.3, 0.4) is 0 Å². The molecule has 34 heavy (non-hydrogen) atoms. The SMILES string of the molecule is O=C(COC(=O)C(=Cc1ccco1)n1nnnc1-c1ccccc1)NC(=O)CN1CCCC1=O. The Balaban J connectivity index is 1.45. The molecule has 3 heterocycles. The van der Waals surface area contributed by atoms with Gasteiger partial charge >= 0.3 is 5.97 Å². The van der Waals surface area contributed by atoms with Crippen molar-refractivity contribution in [3.63, 3.8) is 0 Å². The lowest BCUT2D eigenvalue weighted by atomic mass is 10.2. The first-order chi connectivity index (χ1) is 16.5. The molecule has 0 unspecified atom stereocenters. The van der Waals surface area contributed by atoms with Gasteiger partial charge in [0.05, 0.1) is 12.8 Å². The number of amides is 3. The lowest BCUT2D eigenvalue weighted by Gasteiger charge is -2.14. The van der Waals surface area contributed by atoms with Gasteiger partial charge in [0.15, 0.2) is 18.1 Å². The summed E-state index contributed by atoms with van der Waals surface area (Å²) in [5.41, 5.74) is 0.533. The maximum Gasteiger partial charge on any atom is 0.357 e. The molecule has 0 atom stereocenters. The summed E-state index contributed by atoms with van der Waals surface area (Å²) in [5.74, 6) is -1.95. The Labute approximate surface area is 193 Å². The lowest BCUT2D eigenvalue weighted by Crippen LogP contribution is -2.42. The van der Waals surface area contributed by atoms with Crippen LogP contribution < -0.4 is 5.32 Å². The van der Waals surface area contributed by atoms with Gasteiger partial charge in [-0.25, -0.2) is 4.79 Å². The van der Waals surface area contributed by atoms with E-state index in [2.05, 4.69) is 20.8 Å². The van der Waals surface area contributed by atoms with Gasteiger partial charge in [-0.2, -0.15) is 4.68 Å². The van der Waals surface area contributed by atoms with Crippen LogP contribution in [-0.2, 0) is 23.9 Å². The third-order valence-electron chi connectivity index (χ3n) is 4.88. The van der Waals surface area contributed by atoms with E-state index in [9.17, 15) is 19.2 Å². The smallest absolute Gasteiger partial charge is 0.357 e. The van der Waals surface area contributed by atoms with Crippen LogP contribution in [0.25, 0.3) is 23.2 Å². The number of hydrogen-bond donors (Lipinski definition) is 1. The number of furan rings is 1. The molecule has 0 bridgehead atoms. The van der Waals surface area contributed by atoms with E-state index in [1.54, 1.807) is 36.4 Å². The Kier molecular flexibility index (Phi) is 6.87.